The van der Waals surface area contributed by atoms with E-state index in [0.717, 1.165) is 11.3 Å². The first-order chi connectivity index (χ1) is 8.74. The van der Waals surface area contributed by atoms with Crippen molar-refractivity contribution >= 4 is 6.03 Å². The van der Waals surface area contributed by atoms with Crippen LogP contribution in [0.4, 0.5) is 4.79 Å². The number of hydrogen-bond donors (Lipinski definition) is 2. The highest BCUT2D eigenvalue weighted by Crippen LogP contribution is 2.15. The number of urea groups is 1. The summed E-state index contributed by atoms with van der Waals surface area (Å²) < 4.78 is 5.09. The van der Waals surface area contributed by atoms with Gasteiger partial charge in [-0.1, -0.05) is 12.1 Å². The minimum Gasteiger partial charge on any atom is -0.497 e. The van der Waals surface area contributed by atoms with Gasteiger partial charge >= 0.3 is 6.03 Å². The molecule has 1 saturated heterocycles. The summed E-state index contributed by atoms with van der Waals surface area (Å²) in [6.07, 6.45) is 0.647. The molecule has 0 saturated carbocycles. The molecule has 1 atom stereocenters. The van der Waals surface area contributed by atoms with Crippen LogP contribution in [-0.2, 0) is 6.42 Å². The van der Waals surface area contributed by atoms with Gasteiger partial charge in [-0.15, -0.1) is 0 Å². The summed E-state index contributed by atoms with van der Waals surface area (Å²) in [6, 6.07) is 7.41. The van der Waals surface area contributed by atoms with Gasteiger partial charge in [-0.25, -0.2) is 4.79 Å². The minimum absolute atomic E-state index is 0.0283. The maximum Gasteiger partial charge on any atom is 0.317 e. The van der Waals surface area contributed by atoms with Crippen LogP contribution < -0.4 is 10.1 Å². The summed E-state index contributed by atoms with van der Waals surface area (Å²) in [5, 5.41) is 12.2. The normalized spacial score (nSPS) is 16.6. The van der Waals surface area contributed by atoms with Crippen LogP contribution in [-0.4, -0.2) is 48.9 Å². The van der Waals surface area contributed by atoms with Crippen LogP contribution in [0.25, 0.3) is 0 Å². The molecule has 98 valence electrons. The number of amides is 2. The van der Waals surface area contributed by atoms with E-state index in [1.54, 1.807) is 12.0 Å². The summed E-state index contributed by atoms with van der Waals surface area (Å²) in [6.45, 7) is 1.28. The van der Waals surface area contributed by atoms with Crippen molar-refractivity contribution in [2.24, 2.45) is 0 Å². The van der Waals surface area contributed by atoms with Crippen LogP contribution in [0.3, 0.4) is 0 Å². The molecule has 18 heavy (non-hydrogen) atoms. The molecule has 0 aliphatic carbocycles. The average molecular weight is 250 g/mol. The van der Waals surface area contributed by atoms with E-state index < -0.39 is 0 Å². The number of hydrogen-bond acceptors (Lipinski definition) is 3. The third-order valence-corrected chi connectivity index (χ3v) is 3.17. The van der Waals surface area contributed by atoms with Crippen molar-refractivity contribution in [3.8, 4) is 5.75 Å². The van der Waals surface area contributed by atoms with Gasteiger partial charge in [0.15, 0.2) is 0 Å². The Morgan fingerprint density at radius 1 is 1.44 bits per heavy atom. The van der Waals surface area contributed by atoms with Crippen LogP contribution in [0.2, 0.25) is 0 Å². The quantitative estimate of drug-likeness (QED) is 0.805. The van der Waals surface area contributed by atoms with Crippen molar-refractivity contribution in [1.29, 1.82) is 0 Å². The van der Waals surface area contributed by atoms with Gasteiger partial charge in [-0.3, -0.25) is 0 Å². The van der Waals surface area contributed by atoms with Crippen molar-refractivity contribution in [2.45, 2.75) is 12.5 Å². The lowest BCUT2D eigenvalue weighted by molar-refractivity contribution is 0.151. The Morgan fingerprint density at radius 3 is 2.67 bits per heavy atom. The molecule has 2 rings (SSSR count). The van der Waals surface area contributed by atoms with E-state index in [1.165, 1.54) is 0 Å². The highest BCUT2D eigenvalue weighted by atomic mass is 16.5. The molecule has 1 fully saturated rings. The third kappa shape index (κ3) is 2.73. The number of carbonyl (C=O) groups excluding carboxylic acids is 1. The fourth-order valence-electron chi connectivity index (χ4n) is 2.14. The Balaban J connectivity index is 2.02. The van der Waals surface area contributed by atoms with E-state index in [2.05, 4.69) is 5.32 Å². The largest absolute Gasteiger partial charge is 0.497 e. The molecule has 1 unspecified atom stereocenters. The zero-order valence-corrected chi connectivity index (χ0v) is 10.4. The van der Waals surface area contributed by atoms with Gasteiger partial charge in [0.1, 0.15) is 5.75 Å². The van der Waals surface area contributed by atoms with Gasteiger partial charge in [0.2, 0.25) is 0 Å². The third-order valence-electron chi connectivity index (χ3n) is 3.17. The molecular weight excluding hydrogens is 232 g/mol. The van der Waals surface area contributed by atoms with Gasteiger partial charge in [-0.05, 0) is 24.1 Å². The van der Waals surface area contributed by atoms with E-state index >= 15 is 0 Å². The molecule has 1 aromatic rings. The van der Waals surface area contributed by atoms with Crippen LogP contribution in [0.1, 0.15) is 5.56 Å². The molecule has 0 aromatic heterocycles. The molecular formula is C13H18N2O3. The fraction of sp³-hybridized carbons (Fsp3) is 0.462. The van der Waals surface area contributed by atoms with E-state index in [4.69, 9.17) is 4.74 Å². The molecule has 2 amide bonds. The predicted octanol–water partition coefficient (Wildman–Crippen LogP) is 0.624. The maximum atomic E-state index is 11.5. The molecule has 1 aromatic carbocycles. The summed E-state index contributed by atoms with van der Waals surface area (Å²) in [5.74, 6) is 0.804. The Morgan fingerprint density at radius 2 is 2.17 bits per heavy atom. The second-order valence-electron chi connectivity index (χ2n) is 4.31. The zero-order chi connectivity index (χ0) is 13.0. The predicted molar refractivity (Wildman–Crippen MR) is 67.7 cm³/mol. The molecule has 5 heteroatoms. The number of rotatable bonds is 5. The number of nitrogens with zero attached hydrogens (tertiary/aromatic N) is 1. The topological polar surface area (TPSA) is 61.8 Å². The zero-order valence-electron chi connectivity index (χ0n) is 10.4. The van der Waals surface area contributed by atoms with Crippen molar-refractivity contribution in [3.63, 3.8) is 0 Å². The fourth-order valence-corrected chi connectivity index (χ4v) is 2.14. The standard InChI is InChI=1S/C13H18N2O3/c1-18-12-4-2-10(3-5-12)8-11(9-16)15-7-6-14-13(15)17/h2-5,11,16H,6-9H2,1H3,(H,14,17). The molecule has 1 heterocycles. The summed E-state index contributed by atoms with van der Waals surface area (Å²) in [4.78, 5) is 13.2. The molecule has 0 radical (unpaired) electrons. The molecule has 2 N–H and O–H groups in total. The van der Waals surface area contributed by atoms with Gasteiger partial charge in [0, 0.05) is 13.1 Å². The van der Waals surface area contributed by atoms with E-state index in [9.17, 15) is 9.90 Å². The lowest BCUT2D eigenvalue weighted by atomic mass is 10.1. The highest BCUT2D eigenvalue weighted by Gasteiger charge is 2.27. The first-order valence-electron chi connectivity index (χ1n) is 6.03. The first-order valence-corrected chi connectivity index (χ1v) is 6.03. The highest BCUT2D eigenvalue weighted by molar-refractivity contribution is 5.76. The van der Waals surface area contributed by atoms with E-state index in [0.29, 0.717) is 19.5 Å². The Bertz CT molecular complexity index is 405. The molecule has 1 aliphatic rings. The SMILES string of the molecule is COc1ccc(CC(CO)N2CCNC2=O)cc1. The summed E-state index contributed by atoms with van der Waals surface area (Å²) in [5.41, 5.74) is 1.08. The van der Waals surface area contributed by atoms with E-state index in [-0.39, 0.29) is 18.7 Å². The number of methoxy groups -OCH3 is 1. The smallest absolute Gasteiger partial charge is 0.317 e. The lowest BCUT2D eigenvalue weighted by Gasteiger charge is -2.25. The minimum atomic E-state index is -0.166. The number of ether oxygens (including phenoxy) is 1. The van der Waals surface area contributed by atoms with Crippen LogP contribution in [0, 0.1) is 0 Å². The van der Waals surface area contributed by atoms with Gasteiger partial charge < -0.3 is 20.1 Å². The molecule has 0 bridgehead atoms. The van der Waals surface area contributed by atoms with Gasteiger partial charge in [-0.2, -0.15) is 0 Å². The summed E-state index contributed by atoms with van der Waals surface area (Å²) >= 11 is 0. The van der Waals surface area contributed by atoms with Crippen LogP contribution >= 0.6 is 0 Å². The summed E-state index contributed by atoms with van der Waals surface area (Å²) in [7, 11) is 1.63. The Labute approximate surface area is 106 Å². The van der Waals surface area contributed by atoms with E-state index in [1.807, 2.05) is 24.3 Å². The lowest BCUT2D eigenvalue weighted by Crippen LogP contribution is -2.41. The molecule has 5 nitrogen and oxygen atoms in total. The monoisotopic (exact) mass is 250 g/mol. The maximum absolute atomic E-state index is 11.5. The second-order valence-corrected chi connectivity index (χ2v) is 4.31. The van der Waals surface area contributed by atoms with Crippen LogP contribution in [0.15, 0.2) is 24.3 Å². The second kappa shape index (κ2) is 5.73. The number of nitrogens with one attached hydrogen (secondary N) is 1. The van der Waals surface area contributed by atoms with Gasteiger partial charge in [0.25, 0.3) is 0 Å². The first kappa shape index (κ1) is 12.7. The van der Waals surface area contributed by atoms with Crippen LogP contribution in [0.5, 0.6) is 5.75 Å². The average Bonchev–Trinajstić information content (AvgIpc) is 2.83. The van der Waals surface area contributed by atoms with Crippen molar-refractivity contribution in [3.05, 3.63) is 29.8 Å². The Kier molecular flexibility index (Phi) is 4.04. The van der Waals surface area contributed by atoms with Crippen molar-refractivity contribution in [1.82, 2.24) is 10.2 Å². The Hall–Kier alpha value is -1.75. The van der Waals surface area contributed by atoms with Crippen molar-refractivity contribution < 1.29 is 14.6 Å². The number of benzene rings is 1. The number of aliphatic hydroxyl groups excluding tert-OH is 1. The molecule has 1 aliphatic heterocycles. The number of aliphatic hydroxyl groups is 1. The number of carbonyl (C=O) groups is 1. The van der Waals surface area contributed by atoms with Gasteiger partial charge in [0.05, 0.1) is 19.8 Å². The molecule has 0 spiro atoms. The van der Waals surface area contributed by atoms with Crippen molar-refractivity contribution in [2.75, 3.05) is 26.8 Å².